The zero-order valence-electron chi connectivity index (χ0n) is 11.4. The summed E-state index contributed by atoms with van der Waals surface area (Å²) in [6.07, 6.45) is 3.82. The van der Waals surface area contributed by atoms with Crippen LogP contribution in [0.15, 0.2) is 41.1 Å². The van der Waals surface area contributed by atoms with Crippen molar-refractivity contribution in [2.45, 2.75) is 26.9 Å². The van der Waals surface area contributed by atoms with Crippen LogP contribution in [0.4, 0.5) is 0 Å². The Morgan fingerprint density at radius 2 is 2.00 bits per heavy atom. The highest BCUT2D eigenvalue weighted by molar-refractivity contribution is 9.10. The molecule has 0 aliphatic carbocycles. The number of rotatable bonds is 6. The standard InChI is InChI=1S/C15H20BrN3/c1-12(2)7-17-8-13-5-3-4-6-14(13)10-19-11-15(16)9-18-19/h3-6,9,11-12,17H,7-8,10H2,1-2H3. The molecule has 1 aromatic heterocycles. The number of aromatic nitrogens is 2. The maximum atomic E-state index is 4.31. The fourth-order valence-corrected chi connectivity index (χ4v) is 2.31. The minimum atomic E-state index is 0.675. The first-order valence-corrected chi connectivity index (χ1v) is 7.40. The molecular weight excluding hydrogens is 302 g/mol. The molecule has 0 bridgehead atoms. The Hall–Kier alpha value is -1.13. The zero-order chi connectivity index (χ0) is 13.7. The van der Waals surface area contributed by atoms with Crippen molar-refractivity contribution in [2.75, 3.05) is 6.54 Å². The number of nitrogens with one attached hydrogen (secondary N) is 1. The monoisotopic (exact) mass is 321 g/mol. The third-order valence-electron chi connectivity index (χ3n) is 2.92. The van der Waals surface area contributed by atoms with Crippen molar-refractivity contribution in [3.8, 4) is 0 Å². The summed E-state index contributed by atoms with van der Waals surface area (Å²) in [5.41, 5.74) is 2.66. The average Bonchev–Trinajstić information content (AvgIpc) is 2.77. The molecule has 2 rings (SSSR count). The van der Waals surface area contributed by atoms with Gasteiger partial charge in [0.25, 0.3) is 0 Å². The Bertz CT molecular complexity index is 520. The van der Waals surface area contributed by atoms with Crippen LogP contribution in [0.25, 0.3) is 0 Å². The van der Waals surface area contributed by atoms with Crippen LogP contribution < -0.4 is 5.32 Å². The molecule has 2 aromatic rings. The molecule has 0 fully saturated rings. The third-order valence-corrected chi connectivity index (χ3v) is 3.33. The molecule has 0 aliphatic heterocycles. The first kappa shape index (κ1) is 14.3. The van der Waals surface area contributed by atoms with E-state index in [1.807, 2.05) is 17.1 Å². The lowest BCUT2D eigenvalue weighted by Crippen LogP contribution is -2.20. The number of halogens is 1. The van der Waals surface area contributed by atoms with E-state index in [0.717, 1.165) is 24.1 Å². The highest BCUT2D eigenvalue weighted by Crippen LogP contribution is 2.13. The molecule has 19 heavy (non-hydrogen) atoms. The molecule has 0 atom stereocenters. The number of nitrogens with zero attached hydrogens (tertiary/aromatic N) is 2. The van der Waals surface area contributed by atoms with E-state index in [9.17, 15) is 0 Å². The zero-order valence-corrected chi connectivity index (χ0v) is 13.0. The minimum Gasteiger partial charge on any atom is -0.312 e. The second-order valence-electron chi connectivity index (χ2n) is 5.15. The van der Waals surface area contributed by atoms with Crippen LogP contribution in [0.3, 0.4) is 0 Å². The SMILES string of the molecule is CC(C)CNCc1ccccc1Cn1cc(Br)cn1. The van der Waals surface area contributed by atoms with Crippen molar-refractivity contribution >= 4 is 15.9 Å². The van der Waals surface area contributed by atoms with Crippen molar-refractivity contribution in [1.82, 2.24) is 15.1 Å². The number of hydrogen-bond acceptors (Lipinski definition) is 2. The highest BCUT2D eigenvalue weighted by Gasteiger charge is 2.04. The molecule has 0 saturated heterocycles. The van der Waals surface area contributed by atoms with Crippen molar-refractivity contribution in [2.24, 2.45) is 5.92 Å². The van der Waals surface area contributed by atoms with Gasteiger partial charge in [-0.15, -0.1) is 0 Å². The molecule has 0 saturated carbocycles. The summed E-state index contributed by atoms with van der Waals surface area (Å²) < 4.78 is 2.97. The summed E-state index contributed by atoms with van der Waals surface area (Å²) >= 11 is 3.43. The summed E-state index contributed by atoms with van der Waals surface area (Å²) in [4.78, 5) is 0. The van der Waals surface area contributed by atoms with Crippen LogP contribution in [0.1, 0.15) is 25.0 Å². The van der Waals surface area contributed by atoms with Crippen LogP contribution in [0.5, 0.6) is 0 Å². The first-order chi connectivity index (χ1) is 9.15. The van der Waals surface area contributed by atoms with Gasteiger partial charge in [0.1, 0.15) is 0 Å². The molecule has 0 spiro atoms. The van der Waals surface area contributed by atoms with E-state index in [2.05, 4.69) is 64.5 Å². The van der Waals surface area contributed by atoms with E-state index in [-0.39, 0.29) is 0 Å². The van der Waals surface area contributed by atoms with E-state index in [1.54, 1.807) is 0 Å². The molecule has 0 radical (unpaired) electrons. The lowest BCUT2D eigenvalue weighted by Gasteiger charge is -2.12. The predicted molar refractivity (Wildman–Crippen MR) is 82.0 cm³/mol. The normalized spacial score (nSPS) is 11.2. The molecule has 102 valence electrons. The fraction of sp³-hybridized carbons (Fsp3) is 0.400. The van der Waals surface area contributed by atoms with Gasteiger partial charge in [-0.25, -0.2) is 0 Å². The van der Waals surface area contributed by atoms with Crippen LogP contribution in [0.2, 0.25) is 0 Å². The topological polar surface area (TPSA) is 29.9 Å². The van der Waals surface area contributed by atoms with Crippen molar-refractivity contribution in [3.05, 3.63) is 52.3 Å². The Morgan fingerprint density at radius 3 is 2.63 bits per heavy atom. The third kappa shape index (κ3) is 4.48. The maximum absolute atomic E-state index is 4.31. The molecule has 1 N–H and O–H groups in total. The average molecular weight is 322 g/mol. The quantitative estimate of drug-likeness (QED) is 0.883. The minimum absolute atomic E-state index is 0.675. The number of benzene rings is 1. The van der Waals surface area contributed by atoms with Gasteiger partial charge >= 0.3 is 0 Å². The molecule has 1 heterocycles. The van der Waals surface area contributed by atoms with E-state index in [0.29, 0.717) is 5.92 Å². The summed E-state index contributed by atoms with van der Waals surface area (Å²) in [7, 11) is 0. The van der Waals surface area contributed by atoms with Crippen LogP contribution in [-0.2, 0) is 13.1 Å². The van der Waals surface area contributed by atoms with Gasteiger partial charge in [-0.1, -0.05) is 38.1 Å². The highest BCUT2D eigenvalue weighted by atomic mass is 79.9. The molecule has 1 aromatic carbocycles. The van der Waals surface area contributed by atoms with E-state index >= 15 is 0 Å². The molecule has 4 heteroatoms. The smallest absolute Gasteiger partial charge is 0.0662 e. The first-order valence-electron chi connectivity index (χ1n) is 6.60. The van der Waals surface area contributed by atoms with Gasteiger partial charge in [0, 0.05) is 12.7 Å². The summed E-state index contributed by atoms with van der Waals surface area (Å²) in [6.45, 7) is 7.21. The lowest BCUT2D eigenvalue weighted by atomic mass is 10.1. The van der Waals surface area contributed by atoms with Crippen molar-refractivity contribution < 1.29 is 0 Å². The molecule has 3 nitrogen and oxygen atoms in total. The van der Waals surface area contributed by atoms with Crippen LogP contribution >= 0.6 is 15.9 Å². The van der Waals surface area contributed by atoms with Gasteiger partial charge in [0.15, 0.2) is 0 Å². The Morgan fingerprint density at radius 1 is 1.26 bits per heavy atom. The van der Waals surface area contributed by atoms with Gasteiger partial charge < -0.3 is 5.32 Å². The van der Waals surface area contributed by atoms with Gasteiger partial charge in [0.05, 0.1) is 17.2 Å². The van der Waals surface area contributed by atoms with Crippen LogP contribution in [-0.4, -0.2) is 16.3 Å². The molecular formula is C15H20BrN3. The molecule has 0 unspecified atom stereocenters. The lowest BCUT2D eigenvalue weighted by molar-refractivity contribution is 0.549. The summed E-state index contributed by atoms with van der Waals surface area (Å²) in [5, 5.41) is 7.80. The second-order valence-corrected chi connectivity index (χ2v) is 6.07. The fourth-order valence-electron chi connectivity index (χ4n) is 1.98. The Kier molecular flexibility index (Phi) is 5.16. The second kappa shape index (κ2) is 6.87. The van der Waals surface area contributed by atoms with E-state index in [1.165, 1.54) is 11.1 Å². The largest absolute Gasteiger partial charge is 0.312 e. The molecule has 0 aliphatic rings. The van der Waals surface area contributed by atoms with Gasteiger partial charge in [-0.2, -0.15) is 5.10 Å². The van der Waals surface area contributed by atoms with Gasteiger partial charge in [0.2, 0.25) is 0 Å². The van der Waals surface area contributed by atoms with E-state index < -0.39 is 0 Å². The van der Waals surface area contributed by atoms with Gasteiger partial charge in [-0.05, 0) is 39.5 Å². The van der Waals surface area contributed by atoms with Crippen molar-refractivity contribution in [3.63, 3.8) is 0 Å². The molecule has 0 amide bonds. The predicted octanol–water partition coefficient (Wildman–Crippen LogP) is 3.44. The van der Waals surface area contributed by atoms with Gasteiger partial charge in [-0.3, -0.25) is 4.68 Å². The van der Waals surface area contributed by atoms with E-state index in [4.69, 9.17) is 0 Å². The summed E-state index contributed by atoms with van der Waals surface area (Å²) in [6, 6.07) is 8.53. The Labute approximate surface area is 123 Å². The summed E-state index contributed by atoms with van der Waals surface area (Å²) in [5.74, 6) is 0.675. The number of hydrogen-bond donors (Lipinski definition) is 1. The van der Waals surface area contributed by atoms with Crippen molar-refractivity contribution in [1.29, 1.82) is 0 Å². The Balaban J connectivity index is 2.03. The maximum Gasteiger partial charge on any atom is 0.0662 e. The van der Waals surface area contributed by atoms with Crippen LogP contribution in [0, 0.1) is 5.92 Å².